The van der Waals surface area contributed by atoms with E-state index in [0.29, 0.717) is 30.8 Å². The van der Waals surface area contributed by atoms with Gasteiger partial charge >= 0.3 is 6.09 Å². The number of carbonyl (C=O) groups is 1. The molecule has 0 spiro atoms. The van der Waals surface area contributed by atoms with Crippen LogP contribution in [0.25, 0.3) is 0 Å². The van der Waals surface area contributed by atoms with E-state index in [9.17, 15) is 4.79 Å². The molecule has 156 valence electrons. The molecule has 1 amide bonds. The van der Waals surface area contributed by atoms with E-state index in [1.165, 1.54) is 0 Å². The summed E-state index contributed by atoms with van der Waals surface area (Å²) in [5.74, 6) is 1.65. The lowest BCUT2D eigenvalue weighted by molar-refractivity contribution is 0.0448. The second-order valence-electron chi connectivity index (χ2n) is 7.13. The highest BCUT2D eigenvalue weighted by Gasteiger charge is 2.30. The fourth-order valence-electron chi connectivity index (χ4n) is 2.29. The number of amides is 1. The summed E-state index contributed by atoms with van der Waals surface area (Å²) in [6.45, 7) is 12.2. The van der Waals surface area contributed by atoms with Crippen molar-refractivity contribution in [1.29, 1.82) is 0 Å². The van der Waals surface area contributed by atoms with Crippen LogP contribution in [0.4, 0.5) is 4.79 Å². The van der Waals surface area contributed by atoms with Gasteiger partial charge in [0, 0.05) is 13.6 Å². The first-order chi connectivity index (χ1) is 12.1. The van der Waals surface area contributed by atoms with Crippen LogP contribution in [-0.4, -0.2) is 46.9 Å². The van der Waals surface area contributed by atoms with Crippen LogP contribution in [0.5, 0.6) is 0 Å². The van der Waals surface area contributed by atoms with Gasteiger partial charge in [-0.05, 0) is 40.5 Å². The van der Waals surface area contributed by atoms with Crippen LogP contribution in [0.1, 0.15) is 59.2 Å². The molecule has 10 heteroatoms. The van der Waals surface area contributed by atoms with Gasteiger partial charge in [-0.1, -0.05) is 19.0 Å². The second-order valence-corrected chi connectivity index (χ2v) is 7.13. The predicted molar refractivity (Wildman–Crippen MR) is 115 cm³/mol. The molecule has 0 aliphatic rings. The van der Waals surface area contributed by atoms with E-state index in [4.69, 9.17) is 9.26 Å². The maximum absolute atomic E-state index is 12.2. The average Bonchev–Trinajstić information content (AvgIpc) is 2.97. The van der Waals surface area contributed by atoms with Gasteiger partial charge in [0.25, 0.3) is 0 Å². The van der Waals surface area contributed by atoms with Gasteiger partial charge in [0.1, 0.15) is 5.60 Å². The zero-order valence-electron chi connectivity index (χ0n) is 17.3. The molecule has 1 aromatic rings. The number of guanidine groups is 1. The quantitative estimate of drug-likeness (QED) is 0.302. The number of nitrogens with one attached hydrogen (secondary N) is 3. The summed E-state index contributed by atoms with van der Waals surface area (Å²) >= 11 is 0. The van der Waals surface area contributed by atoms with E-state index in [-0.39, 0.29) is 24.0 Å². The molecular formula is C17H33IN6O3. The Morgan fingerprint density at radius 3 is 2.30 bits per heavy atom. The highest BCUT2D eigenvalue weighted by molar-refractivity contribution is 14.0. The molecule has 3 N–H and O–H groups in total. The smallest absolute Gasteiger partial charge is 0.408 e. The van der Waals surface area contributed by atoms with E-state index in [0.717, 1.165) is 12.8 Å². The molecule has 0 atom stereocenters. The lowest BCUT2D eigenvalue weighted by atomic mass is 9.93. The standard InChI is InChI=1S/C17H32N6O3.HI/c1-8-17(9-2,22-15(24)25-16(4,5)6)11-20-14(18-7)19-10-13-21-12(3)23-26-13;/h8-11H2,1-7H3,(H,22,24)(H2,18,19,20);1H. The van der Waals surface area contributed by atoms with Gasteiger partial charge in [0.15, 0.2) is 11.8 Å². The molecule has 1 rings (SSSR count). The molecule has 0 aromatic carbocycles. The topological polar surface area (TPSA) is 114 Å². The van der Waals surface area contributed by atoms with Crippen molar-refractivity contribution < 1.29 is 14.1 Å². The minimum Gasteiger partial charge on any atom is -0.444 e. The largest absolute Gasteiger partial charge is 0.444 e. The number of aryl methyl sites for hydroxylation is 1. The van der Waals surface area contributed by atoms with Crippen molar-refractivity contribution in [2.24, 2.45) is 4.99 Å². The third kappa shape index (κ3) is 9.25. The Hall–Kier alpha value is -1.59. The molecule has 1 aromatic heterocycles. The fraction of sp³-hybridized carbons (Fsp3) is 0.765. The highest BCUT2D eigenvalue weighted by Crippen LogP contribution is 2.16. The van der Waals surface area contributed by atoms with Crippen LogP contribution >= 0.6 is 24.0 Å². The Balaban J connectivity index is 0.00000676. The maximum Gasteiger partial charge on any atom is 0.408 e. The van der Waals surface area contributed by atoms with E-state index < -0.39 is 17.2 Å². The first-order valence-electron chi connectivity index (χ1n) is 8.88. The van der Waals surface area contributed by atoms with Crippen molar-refractivity contribution in [1.82, 2.24) is 26.1 Å². The lowest BCUT2D eigenvalue weighted by Gasteiger charge is -2.34. The normalized spacial score (nSPS) is 12.2. The zero-order valence-corrected chi connectivity index (χ0v) is 19.6. The average molecular weight is 496 g/mol. The van der Waals surface area contributed by atoms with Crippen LogP contribution in [0.15, 0.2) is 9.52 Å². The Morgan fingerprint density at radius 2 is 1.85 bits per heavy atom. The summed E-state index contributed by atoms with van der Waals surface area (Å²) in [6.07, 6.45) is 1.07. The van der Waals surface area contributed by atoms with E-state index >= 15 is 0 Å². The van der Waals surface area contributed by atoms with Crippen LogP contribution in [0.2, 0.25) is 0 Å². The molecule has 0 unspecified atom stereocenters. The van der Waals surface area contributed by atoms with Crippen LogP contribution < -0.4 is 16.0 Å². The van der Waals surface area contributed by atoms with Crippen molar-refractivity contribution in [3.8, 4) is 0 Å². The number of ether oxygens (including phenoxy) is 1. The zero-order chi connectivity index (χ0) is 19.8. The van der Waals surface area contributed by atoms with Gasteiger partial charge < -0.3 is 25.2 Å². The van der Waals surface area contributed by atoms with Gasteiger partial charge in [0.05, 0.1) is 12.1 Å². The van der Waals surface area contributed by atoms with Crippen molar-refractivity contribution in [3.63, 3.8) is 0 Å². The van der Waals surface area contributed by atoms with Crippen molar-refractivity contribution in [2.75, 3.05) is 13.6 Å². The van der Waals surface area contributed by atoms with Gasteiger partial charge in [-0.2, -0.15) is 4.98 Å². The third-order valence-electron chi connectivity index (χ3n) is 3.91. The number of nitrogens with zero attached hydrogens (tertiary/aromatic N) is 3. The van der Waals surface area contributed by atoms with Crippen LogP contribution in [-0.2, 0) is 11.3 Å². The fourth-order valence-corrected chi connectivity index (χ4v) is 2.29. The molecular weight excluding hydrogens is 463 g/mol. The highest BCUT2D eigenvalue weighted by atomic mass is 127. The third-order valence-corrected chi connectivity index (χ3v) is 3.91. The summed E-state index contributed by atoms with van der Waals surface area (Å²) in [4.78, 5) is 20.5. The predicted octanol–water partition coefficient (Wildman–Crippen LogP) is 2.74. The van der Waals surface area contributed by atoms with Gasteiger partial charge in [-0.15, -0.1) is 24.0 Å². The Kier molecular flexibility index (Phi) is 10.6. The van der Waals surface area contributed by atoms with E-state index in [1.807, 2.05) is 34.6 Å². The van der Waals surface area contributed by atoms with Gasteiger partial charge in [0.2, 0.25) is 5.89 Å². The SMILES string of the molecule is CCC(CC)(CNC(=NC)NCc1nc(C)no1)NC(=O)OC(C)(C)C.I. The summed E-state index contributed by atoms with van der Waals surface area (Å²) in [5.41, 5.74) is -0.981. The minimum absolute atomic E-state index is 0. The number of aromatic nitrogens is 2. The maximum atomic E-state index is 12.2. The molecule has 0 radical (unpaired) electrons. The lowest BCUT2D eigenvalue weighted by Crippen LogP contribution is -2.57. The van der Waals surface area contributed by atoms with Crippen molar-refractivity contribution >= 4 is 36.0 Å². The van der Waals surface area contributed by atoms with Crippen molar-refractivity contribution in [2.45, 2.75) is 72.1 Å². The summed E-state index contributed by atoms with van der Waals surface area (Å²) in [6, 6.07) is 0. The summed E-state index contributed by atoms with van der Waals surface area (Å²) < 4.78 is 10.5. The number of carbonyl (C=O) groups excluding carboxylic acids is 1. The first-order valence-corrected chi connectivity index (χ1v) is 8.88. The van der Waals surface area contributed by atoms with E-state index in [1.54, 1.807) is 14.0 Å². The molecule has 9 nitrogen and oxygen atoms in total. The van der Waals surface area contributed by atoms with Gasteiger partial charge in [-0.25, -0.2) is 4.79 Å². The number of alkyl carbamates (subject to hydrolysis) is 1. The number of hydrogen-bond acceptors (Lipinski definition) is 6. The van der Waals surface area contributed by atoms with E-state index in [2.05, 4.69) is 31.1 Å². The molecule has 0 saturated carbocycles. The Morgan fingerprint density at radius 1 is 1.22 bits per heavy atom. The first kappa shape index (κ1) is 25.4. The molecule has 0 aliphatic carbocycles. The number of rotatable bonds is 7. The monoisotopic (exact) mass is 496 g/mol. The molecule has 0 fully saturated rings. The molecule has 27 heavy (non-hydrogen) atoms. The Bertz CT molecular complexity index is 608. The number of hydrogen-bond donors (Lipinski definition) is 3. The summed E-state index contributed by atoms with van der Waals surface area (Å²) in [5, 5.41) is 13.1. The van der Waals surface area contributed by atoms with Crippen LogP contribution in [0.3, 0.4) is 0 Å². The second kappa shape index (κ2) is 11.3. The minimum atomic E-state index is -0.537. The number of halogens is 1. The Labute approximate surface area is 178 Å². The van der Waals surface area contributed by atoms with Gasteiger partial charge in [-0.3, -0.25) is 4.99 Å². The van der Waals surface area contributed by atoms with Crippen molar-refractivity contribution in [3.05, 3.63) is 11.7 Å². The van der Waals surface area contributed by atoms with Crippen LogP contribution in [0, 0.1) is 6.92 Å². The molecule has 0 aliphatic heterocycles. The molecule has 1 heterocycles. The summed E-state index contributed by atoms with van der Waals surface area (Å²) in [7, 11) is 1.68. The molecule has 0 saturated heterocycles. The molecule has 0 bridgehead atoms. The number of aliphatic imine (C=N–C) groups is 1.